The number of allylic oxidation sites excluding steroid dienone is 1. The number of hydrogen-bond acceptors (Lipinski definition) is 7. The number of ether oxygens (including phenoxy) is 1. The SMILES string of the molecule is N#C/C(=C(/O)COc1ccc([N+](=O)[O-])c2cccnc12)c1nc2ccccc2[nH]1. The molecule has 0 aliphatic carbocycles. The van der Waals surface area contributed by atoms with Crippen molar-refractivity contribution in [1.82, 2.24) is 15.0 Å². The van der Waals surface area contributed by atoms with Crippen molar-refractivity contribution in [3.05, 3.63) is 76.4 Å². The number of nitrogens with one attached hydrogen (secondary N) is 1. The van der Waals surface area contributed by atoms with Gasteiger partial charge < -0.3 is 14.8 Å². The summed E-state index contributed by atoms with van der Waals surface area (Å²) in [6.07, 6.45) is 1.49. The van der Waals surface area contributed by atoms with Gasteiger partial charge >= 0.3 is 0 Å². The molecule has 2 heterocycles. The molecule has 2 aromatic carbocycles. The molecule has 4 rings (SSSR count). The van der Waals surface area contributed by atoms with E-state index in [4.69, 9.17) is 4.74 Å². The number of aliphatic hydroxyl groups is 1. The van der Waals surface area contributed by atoms with E-state index in [1.165, 1.54) is 18.3 Å². The van der Waals surface area contributed by atoms with Gasteiger partial charge in [0.2, 0.25) is 0 Å². The summed E-state index contributed by atoms with van der Waals surface area (Å²) >= 11 is 0. The van der Waals surface area contributed by atoms with Crippen LogP contribution in [0.15, 0.2) is 60.5 Å². The predicted octanol–water partition coefficient (Wildman–Crippen LogP) is 3.89. The molecule has 0 amide bonds. The van der Waals surface area contributed by atoms with E-state index in [1.54, 1.807) is 18.2 Å². The number of benzene rings is 2. The Kier molecular flexibility index (Phi) is 4.50. The number of rotatable bonds is 5. The van der Waals surface area contributed by atoms with Crippen LogP contribution in [0.1, 0.15) is 5.82 Å². The van der Waals surface area contributed by atoms with Crippen molar-refractivity contribution in [2.75, 3.05) is 6.61 Å². The highest BCUT2D eigenvalue weighted by Crippen LogP contribution is 2.31. The van der Waals surface area contributed by atoms with Gasteiger partial charge in [-0.25, -0.2) is 4.98 Å². The lowest BCUT2D eigenvalue weighted by molar-refractivity contribution is -0.383. The largest absolute Gasteiger partial charge is 0.507 e. The van der Waals surface area contributed by atoms with Crippen molar-refractivity contribution >= 4 is 33.2 Å². The number of imidazole rings is 1. The zero-order valence-electron chi connectivity index (χ0n) is 14.9. The average molecular weight is 387 g/mol. The Bertz CT molecular complexity index is 1290. The van der Waals surface area contributed by atoms with Crippen molar-refractivity contribution in [1.29, 1.82) is 5.26 Å². The van der Waals surface area contributed by atoms with Crippen molar-refractivity contribution in [2.24, 2.45) is 0 Å². The normalized spacial score (nSPS) is 11.8. The van der Waals surface area contributed by atoms with Gasteiger partial charge in [0.1, 0.15) is 29.5 Å². The summed E-state index contributed by atoms with van der Waals surface area (Å²) in [6.45, 7) is -0.330. The molecule has 0 bridgehead atoms. The minimum atomic E-state index is -0.499. The average Bonchev–Trinajstić information content (AvgIpc) is 3.16. The van der Waals surface area contributed by atoms with Gasteiger partial charge in [-0.1, -0.05) is 12.1 Å². The first-order valence-electron chi connectivity index (χ1n) is 8.50. The first-order valence-corrected chi connectivity index (χ1v) is 8.50. The molecule has 0 spiro atoms. The third kappa shape index (κ3) is 3.30. The molecule has 142 valence electrons. The van der Waals surface area contributed by atoms with Crippen molar-refractivity contribution in [3.63, 3.8) is 0 Å². The summed E-state index contributed by atoms with van der Waals surface area (Å²) in [5, 5.41) is 31.4. The molecule has 0 radical (unpaired) electrons. The third-order valence-electron chi connectivity index (χ3n) is 4.30. The number of H-pyrrole nitrogens is 1. The number of para-hydroxylation sites is 2. The standard InChI is InChI=1S/C20H13N5O4/c21-10-13(20-23-14-5-1-2-6-15(14)24-20)17(26)11-29-18-8-7-16(25(27)28)12-4-3-9-22-19(12)18/h1-9,26H,11H2,(H,23,24)/b17-13-. The molecule has 0 aliphatic rings. The van der Waals surface area contributed by atoms with Gasteiger partial charge in [0.25, 0.3) is 5.69 Å². The fourth-order valence-corrected chi connectivity index (χ4v) is 2.95. The monoisotopic (exact) mass is 387 g/mol. The molecule has 9 nitrogen and oxygen atoms in total. The Morgan fingerprint density at radius 1 is 1.24 bits per heavy atom. The van der Waals surface area contributed by atoms with E-state index < -0.39 is 4.92 Å². The van der Waals surface area contributed by atoms with Crippen LogP contribution in [0.4, 0.5) is 5.69 Å². The van der Waals surface area contributed by atoms with E-state index >= 15 is 0 Å². The Hall–Kier alpha value is -4.45. The highest BCUT2D eigenvalue weighted by Gasteiger charge is 2.18. The fraction of sp³-hybridized carbons (Fsp3) is 0.0500. The maximum absolute atomic E-state index is 11.2. The molecule has 29 heavy (non-hydrogen) atoms. The Labute approximate surface area is 163 Å². The van der Waals surface area contributed by atoms with Crippen LogP contribution in [-0.2, 0) is 0 Å². The minimum Gasteiger partial charge on any atom is -0.507 e. The summed E-state index contributed by atoms with van der Waals surface area (Å²) in [4.78, 5) is 22.1. The van der Waals surface area contributed by atoms with Gasteiger partial charge in [-0.05, 0) is 30.3 Å². The van der Waals surface area contributed by atoms with Gasteiger partial charge in [-0.2, -0.15) is 5.26 Å². The number of nitro benzene ring substituents is 1. The summed E-state index contributed by atoms with van der Waals surface area (Å²) < 4.78 is 5.61. The summed E-state index contributed by atoms with van der Waals surface area (Å²) in [5.41, 5.74) is 1.53. The van der Waals surface area contributed by atoms with Crippen LogP contribution < -0.4 is 4.74 Å². The van der Waals surface area contributed by atoms with Gasteiger partial charge in [-0.3, -0.25) is 15.1 Å². The second-order valence-electron chi connectivity index (χ2n) is 6.06. The molecule has 0 atom stereocenters. The number of non-ortho nitro benzene ring substituents is 1. The Morgan fingerprint density at radius 3 is 2.83 bits per heavy atom. The maximum Gasteiger partial charge on any atom is 0.279 e. The van der Waals surface area contributed by atoms with Crippen molar-refractivity contribution in [2.45, 2.75) is 0 Å². The fourth-order valence-electron chi connectivity index (χ4n) is 2.95. The first kappa shape index (κ1) is 17.9. The van der Waals surface area contributed by atoms with Crippen molar-refractivity contribution < 1.29 is 14.8 Å². The van der Waals surface area contributed by atoms with Gasteiger partial charge in [0.05, 0.1) is 21.3 Å². The molecular formula is C20H13N5O4. The quantitative estimate of drug-likeness (QED) is 0.229. The molecule has 2 N–H and O–H groups in total. The summed E-state index contributed by atoms with van der Waals surface area (Å²) in [7, 11) is 0. The van der Waals surface area contributed by atoms with Gasteiger partial charge in [0, 0.05) is 12.3 Å². The molecule has 0 unspecified atom stereocenters. The maximum atomic E-state index is 11.2. The van der Waals surface area contributed by atoms with Crippen LogP contribution in [0, 0.1) is 21.4 Å². The van der Waals surface area contributed by atoms with Crippen LogP contribution in [-0.4, -0.2) is 31.6 Å². The molecule has 0 saturated carbocycles. The summed E-state index contributed by atoms with van der Waals surface area (Å²) in [6, 6.07) is 15.0. The van der Waals surface area contributed by atoms with Gasteiger partial charge in [0.15, 0.2) is 11.6 Å². The highest BCUT2D eigenvalue weighted by atomic mass is 16.6. The number of hydrogen-bond donors (Lipinski definition) is 2. The Balaban J connectivity index is 1.66. The number of aromatic amines is 1. The lowest BCUT2D eigenvalue weighted by Crippen LogP contribution is -2.05. The highest BCUT2D eigenvalue weighted by molar-refractivity contribution is 5.92. The smallest absolute Gasteiger partial charge is 0.279 e. The van der Waals surface area contributed by atoms with Crippen molar-refractivity contribution in [3.8, 4) is 11.8 Å². The molecule has 9 heteroatoms. The zero-order chi connectivity index (χ0) is 20.4. The second kappa shape index (κ2) is 7.28. The second-order valence-corrected chi connectivity index (χ2v) is 6.06. The molecular weight excluding hydrogens is 374 g/mol. The van der Waals surface area contributed by atoms with E-state index in [1.807, 2.05) is 24.3 Å². The Morgan fingerprint density at radius 2 is 2.07 bits per heavy atom. The molecule has 0 fully saturated rings. The molecule has 2 aromatic heterocycles. The van der Waals surface area contributed by atoms with E-state index in [0.717, 1.165) is 5.52 Å². The molecule has 4 aromatic rings. The zero-order valence-corrected chi connectivity index (χ0v) is 14.9. The first-order chi connectivity index (χ1) is 14.1. The van der Waals surface area contributed by atoms with E-state index in [0.29, 0.717) is 10.9 Å². The topological polar surface area (TPSA) is 138 Å². The minimum absolute atomic E-state index is 0.0552. The third-order valence-corrected chi connectivity index (χ3v) is 4.30. The number of pyridine rings is 1. The number of nitriles is 1. The lowest BCUT2D eigenvalue weighted by Gasteiger charge is -2.09. The number of nitro groups is 1. The van der Waals surface area contributed by atoms with Crippen LogP contribution in [0.3, 0.4) is 0 Å². The molecule has 0 aliphatic heterocycles. The number of nitrogens with zero attached hydrogens (tertiary/aromatic N) is 4. The number of aliphatic hydroxyl groups excluding tert-OH is 1. The van der Waals surface area contributed by atoms with Crippen LogP contribution in [0.2, 0.25) is 0 Å². The van der Waals surface area contributed by atoms with E-state index in [2.05, 4.69) is 15.0 Å². The van der Waals surface area contributed by atoms with E-state index in [9.17, 15) is 20.5 Å². The van der Waals surface area contributed by atoms with Gasteiger partial charge in [-0.15, -0.1) is 0 Å². The van der Waals surface area contributed by atoms with Crippen LogP contribution >= 0.6 is 0 Å². The molecule has 0 saturated heterocycles. The predicted molar refractivity (Wildman–Crippen MR) is 105 cm³/mol. The summed E-state index contributed by atoms with van der Waals surface area (Å²) in [5.74, 6) is 0.148. The van der Waals surface area contributed by atoms with Crippen LogP contribution in [0.25, 0.3) is 27.5 Å². The van der Waals surface area contributed by atoms with Crippen LogP contribution in [0.5, 0.6) is 5.75 Å². The lowest BCUT2D eigenvalue weighted by atomic mass is 10.1. The van der Waals surface area contributed by atoms with E-state index in [-0.39, 0.29) is 40.7 Å². The number of aromatic nitrogens is 3. The number of fused-ring (bicyclic) bond motifs is 2.